The van der Waals surface area contributed by atoms with Crippen molar-refractivity contribution < 1.29 is 4.79 Å². The van der Waals surface area contributed by atoms with Crippen LogP contribution in [-0.4, -0.2) is 61.5 Å². The number of rotatable bonds is 4. The number of carbonyl (C=O) groups excluding carboxylic acids is 1. The van der Waals surface area contributed by atoms with Gasteiger partial charge in [-0.3, -0.25) is 9.69 Å². The summed E-state index contributed by atoms with van der Waals surface area (Å²) < 4.78 is 0. The molecule has 0 aliphatic carbocycles. The molecule has 0 spiro atoms. The molecule has 1 amide bonds. The Kier molecular flexibility index (Phi) is 5.14. The number of para-hydroxylation sites is 1. The Hall–Kier alpha value is -2.36. The van der Waals surface area contributed by atoms with Crippen molar-refractivity contribution in [2.24, 2.45) is 5.73 Å². The van der Waals surface area contributed by atoms with Gasteiger partial charge in [-0.2, -0.15) is 5.26 Å². The summed E-state index contributed by atoms with van der Waals surface area (Å²) in [5, 5.41) is 9.45. The maximum atomic E-state index is 12.7. The van der Waals surface area contributed by atoms with Gasteiger partial charge in [0.2, 0.25) is 0 Å². The third kappa shape index (κ3) is 3.42. The third-order valence-electron chi connectivity index (χ3n) is 4.66. The van der Waals surface area contributed by atoms with E-state index >= 15 is 0 Å². The number of carbonyl (C=O) groups is 1. The molecule has 6 heteroatoms. The van der Waals surface area contributed by atoms with Crippen LogP contribution in [-0.2, 0) is 11.2 Å². The number of nitrogens with zero attached hydrogens (tertiary/aromatic N) is 4. The van der Waals surface area contributed by atoms with E-state index in [1.807, 2.05) is 23.1 Å². The third-order valence-corrected chi connectivity index (χ3v) is 4.66. The van der Waals surface area contributed by atoms with Gasteiger partial charge in [-0.25, -0.2) is 0 Å². The minimum absolute atomic E-state index is 0.172. The second-order valence-electron chi connectivity index (χ2n) is 6.15. The predicted octanol–water partition coefficient (Wildman–Crippen LogP) is 0.559. The summed E-state index contributed by atoms with van der Waals surface area (Å²) in [6.07, 6.45) is 2.65. The molecule has 1 aromatic carbocycles. The van der Waals surface area contributed by atoms with Crippen LogP contribution in [0.2, 0.25) is 0 Å². The first kappa shape index (κ1) is 16.5. The number of hydrogen-bond acceptors (Lipinski definition) is 5. The average Bonchev–Trinajstić information content (AvgIpc) is 3.03. The smallest absolute Gasteiger partial charge is 0.266 e. The van der Waals surface area contributed by atoms with Crippen molar-refractivity contribution in [1.82, 2.24) is 9.80 Å². The van der Waals surface area contributed by atoms with E-state index in [1.165, 1.54) is 5.56 Å². The number of hydrogen-bond donors (Lipinski definition) is 1. The maximum Gasteiger partial charge on any atom is 0.266 e. The van der Waals surface area contributed by atoms with Gasteiger partial charge in [-0.05, 0) is 18.1 Å². The Labute approximate surface area is 142 Å². The number of nitriles is 1. The number of fused-ring (bicyclic) bond motifs is 1. The molecule has 0 saturated carbocycles. The zero-order valence-electron chi connectivity index (χ0n) is 13.8. The van der Waals surface area contributed by atoms with E-state index in [2.05, 4.69) is 17.0 Å². The van der Waals surface area contributed by atoms with Gasteiger partial charge >= 0.3 is 0 Å². The van der Waals surface area contributed by atoms with Gasteiger partial charge in [0.05, 0.1) is 0 Å². The summed E-state index contributed by atoms with van der Waals surface area (Å²) in [7, 11) is 0. The van der Waals surface area contributed by atoms with Crippen LogP contribution in [0.4, 0.5) is 5.69 Å². The Bertz CT molecular complexity index is 670. The van der Waals surface area contributed by atoms with Crippen LogP contribution in [0.1, 0.15) is 5.56 Å². The number of nitrogens with two attached hydrogens (primary N) is 1. The van der Waals surface area contributed by atoms with Crippen LogP contribution in [0.15, 0.2) is 36.0 Å². The molecule has 0 radical (unpaired) electrons. The largest absolute Gasteiger partial charge is 0.346 e. The predicted molar refractivity (Wildman–Crippen MR) is 93.3 cm³/mol. The van der Waals surface area contributed by atoms with E-state index in [-0.39, 0.29) is 11.5 Å². The van der Waals surface area contributed by atoms with Crippen LogP contribution >= 0.6 is 0 Å². The first-order valence-corrected chi connectivity index (χ1v) is 8.41. The second kappa shape index (κ2) is 7.47. The molecule has 2 aliphatic heterocycles. The fourth-order valence-corrected chi connectivity index (χ4v) is 3.31. The normalized spacial score (nSPS) is 18.4. The Morgan fingerprint density at radius 2 is 1.96 bits per heavy atom. The standard InChI is InChI=1S/C18H23N5O/c19-6-8-21-9-11-22(12-10-21)18(24)16(13-20)14-23-7-5-15-3-1-2-4-17(15)23/h1-4,14H,5-12,19H2/b16-14-. The lowest BCUT2D eigenvalue weighted by Gasteiger charge is -2.34. The van der Waals surface area contributed by atoms with Gasteiger partial charge in [-0.1, -0.05) is 18.2 Å². The van der Waals surface area contributed by atoms with Crippen molar-refractivity contribution in [3.63, 3.8) is 0 Å². The molecule has 0 bridgehead atoms. The molecule has 2 aliphatic rings. The van der Waals surface area contributed by atoms with E-state index in [4.69, 9.17) is 5.73 Å². The monoisotopic (exact) mass is 325 g/mol. The topological polar surface area (TPSA) is 76.6 Å². The maximum absolute atomic E-state index is 12.7. The van der Waals surface area contributed by atoms with E-state index in [1.54, 1.807) is 11.1 Å². The molecule has 2 N–H and O–H groups in total. The molecule has 1 saturated heterocycles. The highest BCUT2D eigenvalue weighted by atomic mass is 16.2. The van der Waals surface area contributed by atoms with Crippen LogP contribution in [0.25, 0.3) is 0 Å². The zero-order valence-corrected chi connectivity index (χ0v) is 13.8. The molecule has 24 heavy (non-hydrogen) atoms. The molecule has 0 atom stereocenters. The highest BCUT2D eigenvalue weighted by Crippen LogP contribution is 2.28. The van der Waals surface area contributed by atoms with Crippen molar-refractivity contribution in [3.8, 4) is 6.07 Å². The summed E-state index contributed by atoms with van der Waals surface area (Å²) in [4.78, 5) is 18.7. The summed E-state index contributed by atoms with van der Waals surface area (Å²) in [5.41, 5.74) is 8.13. The van der Waals surface area contributed by atoms with Crippen LogP contribution in [0, 0.1) is 11.3 Å². The molecule has 0 unspecified atom stereocenters. The number of benzene rings is 1. The fraction of sp³-hybridized carbons (Fsp3) is 0.444. The minimum atomic E-state index is -0.172. The van der Waals surface area contributed by atoms with Crippen molar-refractivity contribution in [2.45, 2.75) is 6.42 Å². The van der Waals surface area contributed by atoms with Gasteiger partial charge in [0.15, 0.2) is 0 Å². The van der Waals surface area contributed by atoms with Crippen LogP contribution < -0.4 is 10.6 Å². The molecule has 126 valence electrons. The second-order valence-corrected chi connectivity index (χ2v) is 6.15. The lowest BCUT2D eigenvalue weighted by Crippen LogP contribution is -2.50. The summed E-state index contributed by atoms with van der Waals surface area (Å²) in [6, 6.07) is 10.2. The van der Waals surface area contributed by atoms with E-state index < -0.39 is 0 Å². The molecular weight excluding hydrogens is 302 g/mol. The molecule has 1 aromatic rings. The molecular formula is C18H23N5O. The zero-order chi connectivity index (χ0) is 16.9. The fourth-order valence-electron chi connectivity index (χ4n) is 3.31. The Morgan fingerprint density at radius 3 is 2.67 bits per heavy atom. The van der Waals surface area contributed by atoms with Gasteiger partial charge in [0.25, 0.3) is 5.91 Å². The first-order valence-electron chi connectivity index (χ1n) is 8.41. The summed E-state index contributed by atoms with van der Waals surface area (Å²) in [5.74, 6) is -0.172. The van der Waals surface area contributed by atoms with Gasteiger partial charge < -0.3 is 15.5 Å². The van der Waals surface area contributed by atoms with Gasteiger partial charge in [0, 0.05) is 57.7 Å². The average molecular weight is 325 g/mol. The lowest BCUT2D eigenvalue weighted by molar-refractivity contribution is -0.128. The first-order chi connectivity index (χ1) is 11.7. The van der Waals surface area contributed by atoms with Crippen LogP contribution in [0.3, 0.4) is 0 Å². The number of anilines is 1. The van der Waals surface area contributed by atoms with Crippen molar-refractivity contribution in [2.75, 3.05) is 50.7 Å². The minimum Gasteiger partial charge on any atom is -0.346 e. The summed E-state index contributed by atoms with van der Waals surface area (Å²) in [6.45, 7) is 5.21. The van der Waals surface area contributed by atoms with Gasteiger partial charge in [-0.15, -0.1) is 0 Å². The van der Waals surface area contributed by atoms with Crippen molar-refractivity contribution >= 4 is 11.6 Å². The Balaban J connectivity index is 1.69. The van der Waals surface area contributed by atoms with E-state index in [9.17, 15) is 10.1 Å². The van der Waals surface area contributed by atoms with Crippen molar-refractivity contribution in [3.05, 3.63) is 41.6 Å². The molecule has 0 aromatic heterocycles. The Morgan fingerprint density at radius 1 is 1.21 bits per heavy atom. The molecule has 6 nitrogen and oxygen atoms in total. The molecule has 1 fully saturated rings. The number of piperazine rings is 1. The van der Waals surface area contributed by atoms with E-state index in [0.29, 0.717) is 19.6 Å². The number of amides is 1. The lowest BCUT2D eigenvalue weighted by atomic mass is 10.2. The molecule has 2 heterocycles. The van der Waals surface area contributed by atoms with Crippen LogP contribution in [0.5, 0.6) is 0 Å². The summed E-state index contributed by atoms with van der Waals surface area (Å²) >= 11 is 0. The quantitative estimate of drug-likeness (QED) is 0.646. The highest BCUT2D eigenvalue weighted by molar-refractivity contribution is 5.97. The SMILES string of the molecule is N#C/C(=C/N1CCc2ccccc21)C(=O)N1CCN(CCN)CC1. The molecule has 3 rings (SSSR count). The van der Waals surface area contributed by atoms with Gasteiger partial charge in [0.1, 0.15) is 11.6 Å². The van der Waals surface area contributed by atoms with E-state index in [0.717, 1.165) is 38.3 Å². The highest BCUT2D eigenvalue weighted by Gasteiger charge is 2.25. The van der Waals surface area contributed by atoms with Crippen molar-refractivity contribution in [1.29, 1.82) is 5.26 Å².